The minimum atomic E-state index is -3.92. The first-order valence-corrected chi connectivity index (χ1v) is 13.4. The predicted octanol–water partition coefficient (Wildman–Crippen LogP) is 2.06. The normalized spacial score (nSPS) is 24.8. The van der Waals surface area contributed by atoms with Gasteiger partial charge in [0.15, 0.2) is 5.13 Å². The van der Waals surface area contributed by atoms with Crippen LogP contribution in [0.5, 0.6) is 0 Å². The fourth-order valence-electron chi connectivity index (χ4n) is 4.56. The van der Waals surface area contributed by atoms with Crippen LogP contribution in [0.4, 0.5) is 5.13 Å². The molecule has 4 rings (SSSR count). The van der Waals surface area contributed by atoms with Crippen molar-refractivity contribution in [1.82, 2.24) is 18.9 Å². The van der Waals surface area contributed by atoms with Crippen LogP contribution in [0.1, 0.15) is 34.1 Å². The molecule has 3 heterocycles. The number of hydrogen-bond donors (Lipinski definition) is 1. The lowest BCUT2D eigenvalue weighted by Gasteiger charge is -2.29. The summed E-state index contributed by atoms with van der Waals surface area (Å²) in [6.45, 7) is 7.68. The maximum Gasteiger partial charge on any atom is 0.282 e. The highest BCUT2D eigenvalue weighted by Crippen LogP contribution is 2.42. The SMILES string of the molecule is CC(C)C(C)NC(=O)CN(C)S(=O)(=O)N1CC[C@H]2[C@H]1[C@H](C)C(=O)N2c1nc2ccccc2s1. The number of nitrogens with zero attached hydrogens (tertiary/aromatic N) is 4. The smallest absolute Gasteiger partial charge is 0.282 e. The molecule has 0 spiro atoms. The van der Waals surface area contributed by atoms with Crippen molar-refractivity contribution in [3.05, 3.63) is 24.3 Å². The third-order valence-electron chi connectivity index (χ3n) is 6.78. The molecule has 2 amide bonds. The van der Waals surface area contributed by atoms with E-state index in [2.05, 4.69) is 10.3 Å². The maximum atomic E-state index is 13.4. The summed E-state index contributed by atoms with van der Waals surface area (Å²) in [4.78, 5) is 31.9. The van der Waals surface area contributed by atoms with E-state index in [1.165, 1.54) is 22.7 Å². The second kappa shape index (κ2) is 8.94. The van der Waals surface area contributed by atoms with Gasteiger partial charge in [0.25, 0.3) is 10.2 Å². The number of thiazole rings is 1. The largest absolute Gasteiger partial charge is 0.352 e. The Morgan fingerprint density at radius 1 is 1.30 bits per heavy atom. The summed E-state index contributed by atoms with van der Waals surface area (Å²) >= 11 is 1.44. The van der Waals surface area contributed by atoms with Crippen LogP contribution in [0.2, 0.25) is 0 Å². The molecule has 9 nitrogen and oxygen atoms in total. The standard InChI is InChI=1S/C22H31N5O4S2/c1-13(2)15(4)23-19(28)12-25(5)33(30,31)26-11-10-17-20(26)14(3)21(29)27(17)22-24-16-8-6-7-9-18(16)32-22/h6-9,13-15,17,20H,10-12H2,1-5H3,(H,23,28)/t14-,15?,17-,20+/m0/s1. The van der Waals surface area contributed by atoms with Gasteiger partial charge in [-0.3, -0.25) is 14.5 Å². The Labute approximate surface area is 198 Å². The summed E-state index contributed by atoms with van der Waals surface area (Å²) in [6.07, 6.45) is 0.528. The molecular formula is C22H31N5O4S2. The number of nitrogens with one attached hydrogen (secondary N) is 1. The summed E-state index contributed by atoms with van der Waals surface area (Å²) in [5.41, 5.74) is 0.824. The number of fused-ring (bicyclic) bond motifs is 2. The van der Waals surface area contributed by atoms with Crippen LogP contribution in [-0.4, -0.2) is 72.1 Å². The lowest BCUT2D eigenvalue weighted by Crippen LogP contribution is -2.51. The van der Waals surface area contributed by atoms with Crippen molar-refractivity contribution in [3.63, 3.8) is 0 Å². The molecule has 2 aliphatic rings. The lowest BCUT2D eigenvalue weighted by molar-refractivity contribution is -0.122. The van der Waals surface area contributed by atoms with Crippen molar-refractivity contribution in [2.24, 2.45) is 11.8 Å². The van der Waals surface area contributed by atoms with E-state index in [4.69, 9.17) is 0 Å². The molecule has 2 aromatic rings. The van der Waals surface area contributed by atoms with Gasteiger partial charge in [-0.15, -0.1) is 0 Å². The molecule has 1 unspecified atom stereocenters. The third-order valence-corrected chi connectivity index (χ3v) is 9.75. The Kier molecular flexibility index (Phi) is 6.51. The van der Waals surface area contributed by atoms with Gasteiger partial charge in [0.1, 0.15) is 0 Å². The molecule has 0 aliphatic carbocycles. The lowest BCUT2D eigenvalue weighted by atomic mass is 10.0. The zero-order valence-electron chi connectivity index (χ0n) is 19.6. The van der Waals surface area contributed by atoms with Crippen LogP contribution < -0.4 is 10.2 Å². The molecule has 1 aromatic carbocycles. The summed E-state index contributed by atoms with van der Waals surface area (Å²) in [5.74, 6) is -0.712. The number of likely N-dealkylation sites (N-methyl/N-ethyl adjacent to an activating group) is 1. The zero-order valence-corrected chi connectivity index (χ0v) is 21.2. The van der Waals surface area contributed by atoms with E-state index in [1.807, 2.05) is 45.0 Å². The molecule has 2 aliphatic heterocycles. The van der Waals surface area contributed by atoms with E-state index < -0.39 is 22.2 Å². The van der Waals surface area contributed by atoms with Gasteiger partial charge in [0.2, 0.25) is 11.8 Å². The summed E-state index contributed by atoms with van der Waals surface area (Å²) in [5, 5.41) is 3.45. The molecule has 180 valence electrons. The molecule has 1 aromatic heterocycles. The molecule has 4 atom stereocenters. The van der Waals surface area contributed by atoms with Crippen molar-refractivity contribution in [2.45, 2.75) is 52.2 Å². The van der Waals surface area contributed by atoms with Crippen molar-refractivity contribution in [1.29, 1.82) is 0 Å². The van der Waals surface area contributed by atoms with E-state index >= 15 is 0 Å². The summed E-state index contributed by atoms with van der Waals surface area (Å²) in [6, 6.07) is 6.88. The van der Waals surface area contributed by atoms with Crippen molar-refractivity contribution in [2.75, 3.05) is 25.0 Å². The molecule has 2 fully saturated rings. The van der Waals surface area contributed by atoms with E-state index in [9.17, 15) is 18.0 Å². The molecule has 1 N–H and O–H groups in total. The molecule has 33 heavy (non-hydrogen) atoms. The third kappa shape index (κ3) is 4.27. The Hall–Kier alpha value is -2.08. The number of anilines is 1. The van der Waals surface area contributed by atoms with Crippen molar-refractivity contribution >= 4 is 48.7 Å². The van der Waals surface area contributed by atoms with E-state index in [0.29, 0.717) is 18.1 Å². The second-order valence-electron chi connectivity index (χ2n) is 9.28. The van der Waals surface area contributed by atoms with Crippen LogP contribution in [0, 0.1) is 11.8 Å². The molecule has 11 heteroatoms. The Bertz CT molecular complexity index is 1130. The number of amides is 2. The monoisotopic (exact) mass is 493 g/mol. The van der Waals surface area contributed by atoms with Crippen LogP contribution in [0.25, 0.3) is 10.2 Å². The minimum absolute atomic E-state index is 0.0559. The fraction of sp³-hybridized carbons (Fsp3) is 0.591. The molecule has 0 radical (unpaired) electrons. The minimum Gasteiger partial charge on any atom is -0.352 e. The second-order valence-corrected chi connectivity index (χ2v) is 12.3. The number of para-hydroxylation sites is 1. The Morgan fingerprint density at radius 2 is 2.00 bits per heavy atom. The maximum absolute atomic E-state index is 13.4. The van der Waals surface area contributed by atoms with Gasteiger partial charge in [-0.25, -0.2) is 4.98 Å². The topological polar surface area (TPSA) is 103 Å². The predicted molar refractivity (Wildman–Crippen MR) is 129 cm³/mol. The fourth-order valence-corrected chi connectivity index (χ4v) is 7.20. The van der Waals surface area contributed by atoms with Gasteiger partial charge >= 0.3 is 0 Å². The van der Waals surface area contributed by atoms with Crippen molar-refractivity contribution in [3.8, 4) is 0 Å². The first kappa shape index (κ1) is 24.1. The van der Waals surface area contributed by atoms with Gasteiger partial charge in [0.05, 0.1) is 34.8 Å². The molecule has 2 saturated heterocycles. The number of hydrogen-bond acceptors (Lipinski definition) is 6. The number of rotatable bonds is 7. The van der Waals surface area contributed by atoms with Crippen LogP contribution in [0.15, 0.2) is 24.3 Å². The average molecular weight is 494 g/mol. The van der Waals surface area contributed by atoms with Crippen LogP contribution >= 0.6 is 11.3 Å². The Balaban J connectivity index is 1.54. The van der Waals surface area contributed by atoms with Crippen LogP contribution in [0.3, 0.4) is 0 Å². The van der Waals surface area contributed by atoms with E-state index in [1.54, 1.807) is 11.8 Å². The van der Waals surface area contributed by atoms with E-state index in [-0.39, 0.29) is 36.4 Å². The number of aromatic nitrogens is 1. The average Bonchev–Trinajstić information content (AvgIpc) is 3.42. The van der Waals surface area contributed by atoms with Gasteiger partial charge in [0, 0.05) is 19.6 Å². The summed E-state index contributed by atoms with van der Waals surface area (Å²) < 4.78 is 30.3. The van der Waals surface area contributed by atoms with Gasteiger partial charge in [-0.1, -0.05) is 44.2 Å². The highest BCUT2D eigenvalue weighted by atomic mass is 32.2. The number of benzene rings is 1. The van der Waals surface area contributed by atoms with Crippen LogP contribution in [-0.2, 0) is 19.8 Å². The van der Waals surface area contributed by atoms with Gasteiger partial charge < -0.3 is 5.32 Å². The summed E-state index contributed by atoms with van der Waals surface area (Å²) in [7, 11) is -2.51. The van der Waals surface area contributed by atoms with Gasteiger partial charge in [-0.2, -0.15) is 17.0 Å². The van der Waals surface area contributed by atoms with Crippen molar-refractivity contribution < 1.29 is 18.0 Å². The first-order chi connectivity index (χ1) is 15.5. The first-order valence-electron chi connectivity index (χ1n) is 11.2. The quantitative estimate of drug-likeness (QED) is 0.636. The number of carbonyl (C=O) groups is 2. The molecule has 0 bridgehead atoms. The Morgan fingerprint density at radius 3 is 2.67 bits per heavy atom. The number of carbonyl (C=O) groups excluding carboxylic acids is 2. The van der Waals surface area contributed by atoms with E-state index in [0.717, 1.165) is 14.5 Å². The highest BCUT2D eigenvalue weighted by molar-refractivity contribution is 7.86. The molecular weight excluding hydrogens is 462 g/mol. The zero-order chi connectivity index (χ0) is 24.1. The molecule has 0 saturated carbocycles. The highest BCUT2D eigenvalue weighted by Gasteiger charge is 2.56. The van der Waals surface area contributed by atoms with Gasteiger partial charge in [-0.05, 0) is 31.4 Å².